The lowest BCUT2D eigenvalue weighted by atomic mass is 9.96. The minimum atomic E-state index is 0.183. The topological polar surface area (TPSA) is 29.1 Å². The molecule has 15 heavy (non-hydrogen) atoms. The summed E-state index contributed by atoms with van der Waals surface area (Å²) in [7, 11) is 0. The number of amides is 1. The van der Waals surface area contributed by atoms with E-state index in [2.05, 4.69) is 19.2 Å². The van der Waals surface area contributed by atoms with Crippen LogP contribution in [-0.2, 0) is 4.79 Å². The van der Waals surface area contributed by atoms with E-state index in [1.54, 1.807) is 0 Å². The van der Waals surface area contributed by atoms with Gasteiger partial charge in [0.25, 0.3) is 0 Å². The summed E-state index contributed by atoms with van der Waals surface area (Å²) >= 11 is 5.77. The van der Waals surface area contributed by atoms with Crippen LogP contribution in [0.1, 0.15) is 40.0 Å². The van der Waals surface area contributed by atoms with Gasteiger partial charge in [0.05, 0.1) is 0 Å². The molecule has 0 spiro atoms. The smallest absolute Gasteiger partial charge is 0.223 e. The van der Waals surface area contributed by atoms with Gasteiger partial charge in [0.1, 0.15) is 0 Å². The van der Waals surface area contributed by atoms with Crippen molar-refractivity contribution in [2.24, 2.45) is 17.8 Å². The van der Waals surface area contributed by atoms with Gasteiger partial charge in [-0.25, -0.2) is 0 Å². The Morgan fingerprint density at radius 3 is 2.60 bits per heavy atom. The van der Waals surface area contributed by atoms with Crippen molar-refractivity contribution in [2.75, 3.05) is 5.88 Å². The van der Waals surface area contributed by atoms with Gasteiger partial charge in [0, 0.05) is 17.8 Å². The van der Waals surface area contributed by atoms with E-state index in [9.17, 15) is 4.79 Å². The minimum absolute atomic E-state index is 0.183. The molecule has 1 aliphatic carbocycles. The molecule has 2 nitrogen and oxygen atoms in total. The number of hydrogen-bond acceptors (Lipinski definition) is 1. The Balaban J connectivity index is 2.41. The first kappa shape index (κ1) is 12.8. The third-order valence-corrected chi connectivity index (χ3v) is 4.15. The summed E-state index contributed by atoms with van der Waals surface area (Å²) in [5, 5.41) is 3.08. The molecular formula is C12H22ClNO. The summed E-state index contributed by atoms with van der Waals surface area (Å²) in [6.45, 7) is 6.27. The SMILES string of the molecule is CC(CCl)C(C)NC(=O)C1CCCC1C. The molecule has 1 aliphatic rings. The van der Waals surface area contributed by atoms with Crippen molar-refractivity contribution in [2.45, 2.75) is 46.1 Å². The molecule has 0 aromatic heterocycles. The Bertz CT molecular complexity index is 220. The standard InChI is InChI=1S/C12H22ClNO/c1-8-5-4-6-11(8)12(15)14-10(3)9(2)7-13/h8-11H,4-7H2,1-3H3,(H,14,15). The van der Waals surface area contributed by atoms with Crippen molar-refractivity contribution in [1.29, 1.82) is 0 Å². The van der Waals surface area contributed by atoms with Crippen LogP contribution in [0.25, 0.3) is 0 Å². The molecule has 0 aromatic rings. The number of carbonyl (C=O) groups excluding carboxylic acids is 1. The number of alkyl halides is 1. The Morgan fingerprint density at radius 1 is 1.47 bits per heavy atom. The highest BCUT2D eigenvalue weighted by Crippen LogP contribution is 2.31. The van der Waals surface area contributed by atoms with Gasteiger partial charge in [-0.15, -0.1) is 11.6 Å². The molecule has 3 heteroatoms. The van der Waals surface area contributed by atoms with Gasteiger partial charge in [-0.1, -0.05) is 20.3 Å². The monoisotopic (exact) mass is 231 g/mol. The summed E-state index contributed by atoms with van der Waals surface area (Å²) < 4.78 is 0. The van der Waals surface area contributed by atoms with Crippen LogP contribution in [0, 0.1) is 17.8 Å². The van der Waals surface area contributed by atoms with Crippen LogP contribution in [0.3, 0.4) is 0 Å². The summed E-state index contributed by atoms with van der Waals surface area (Å²) in [5.41, 5.74) is 0. The lowest BCUT2D eigenvalue weighted by Gasteiger charge is -2.22. The third kappa shape index (κ3) is 3.37. The van der Waals surface area contributed by atoms with E-state index in [0.717, 1.165) is 6.42 Å². The lowest BCUT2D eigenvalue weighted by Crippen LogP contribution is -2.41. The van der Waals surface area contributed by atoms with Crippen LogP contribution < -0.4 is 5.32 Å². The summed E-state index contributed by atoms with van der Waals surface area (Å²) in [5.74, 6) is 1.94. The van der Waals surface area contributed by atoms with Crippen LogP contribution in [0.5, 0.6) is 0 Å². The van der Waals surface area contributed by atoms with Gasteiger partial charge in [-0.3, -0.25) is 4.79 Å². The van der Waals surface area contributed by atoms with Gasteiger partial charge < -0.3 is 5.32 Å². The quantitative estimate of drug-likeness (QED) is 0.741. The molecule has 1 amide bonds. The molecule has 4 atom stereocenters. The predicted octanol–water partition coefficient (Wildman–Crippen LogP) is 2.80. The highest BCUT2D eigenvalue weighted by molar-refractivity contribution is 6.18. The van der Waals surface area contributed by atoms with E-state index in [-0.39, 0.29) is 17.9 Å². The van der Waals surface area contributed by atoms with Gasteiger partial charge in [0.15, 0.2) is 0 Å². The molecular weight excluding hydrogens is 210 g/mol. The first-order valence-corrected chi connectivity index (χ1v) is 6.46. The molecule has 1 saturated carbocycles. The van der Waals surface area contributed by atoms with Crippen LogP contribution in [0.2, 0.25) is 0 Å². The van der Waals surface area contributed by atoms with E-state index < -0.39 is 0 Å². The summed E-state index contributed by atoms with van der Waals surface area (Å²) in [6, 6.07) is 0.183. The second kappa shape index (κ2) is 5.74. The zero-order valence-electron chi connectivity index (χ0n) is 9.92. The second-order valence-electron chi connectivity index (χ2n) is 4.94. The average Bonchev–Trinajstić information content (AvgIpc) is 2.63. The summed E-state index contributed by atoms with van der Waals surface area (Å²) in [6.07, 6.45) is 3.44. The van der Waals surface area contributed by atoms with Crippen molar-refractivity contribution >= 4 is 17.5 Å². The fourth-order valence-electron chi connectivity index (χ4n) is 2.14. The highest BCUT2D eigenvalue weighted by atomic mass is 35.5. The average molecular weight is 232 g/mol. The molecule has 4 unspecified atom stereocenters. The molecule has 0 aliphatic heterocycles. The van der Waals surface area contributed by atoms with Crippen molar-refractivity contribution in [3.8, 4) is 0 Å². The number of carbonyl (C=O) groups is 1. The number of hydrogen-bond donors (Lipinski definition) is 1. The second-order valence-corrected chi connectivity index (χ2v) is 5.25. The van der Waals surface area contributed by atoms with E-state index in [1.807, 2.05) is 6.92 Å². The zero-order chi connectivity index (χ0) is 11.4. The number of halogens is 1. The van der Waals surface area contributed by atoms with Crippen molar-refractivity contribution in [3.63, 3.8) is 0 Å². The van der Waals surface area contributed by atoms with E-state index in [1.165, 1.54) is 12.8 Å². The first-order chi connectivity index (χ1) is 7.06. The molecule has 0 bridgehead atoms. The molecule has 1 N–H and O–H groups in total. The number of rotatable bonds is 4. The van der Waals surface area contributed by atoms with Gasteiger partial charge in [-0.2, -0.15) is 0 Å². The Hall–Kier alpha value is -0.240. The van der Waals surface area contributed by atoms with E-state index in [0.29, 0.717) is 17.7 Å². The Labute approximate surface area is 97.8 Å². The first-order valence-electron chi connectivity index (χ1n) is 5.92. The molecule has 0 heterocycles. The molecule has 0 saturated heterocycles. The number of nitrogens with one attached hydrogen (secondary N) is 1. The van der Waals surface area contributed by atoms with Gasteiger partial charge in [0.2, 0.25) is 5.91 Å². The molecule has 0 aromatic carbocycles. The van der Waals surface area contributed by atoms with Gasteiger partial charge in [-0.05, 0) is 31.6 Å². The predicted molar refractivity (Wildman–Crippen MR) is 64.0 cm³/mol. The third-order valence-electron chi connectivity index (χ3n) is 3.67. The van der Waals surface area contributed by atoms with Crippen molar-refractivity contribution in [3.05, 3.63) is 0 Å². The lowest BCUT2D eigenvalue weighted by molar-refractivity contribution is -0.126. The molecule has 1 fully saturated rings. The minimum Gasteiger partial charge on any atom is -0.353 e. The van der Waals surface area contributed by atoms with E-state index in [4.69, 9.17) is 11.6 Å². The maximum atomic E-state index is 11.9. The zero-order valence-corrected chi connectivity index (χ0v) is 10.7. The van der Waals surface area contributed by atoms with Crippen LogP contribution in [0.15, 0.2) is 0 Å². The Morgan fingerprint density at radius 2 is 2.13 bits per heavy atom. The van der Waals surface area contributed by atoms with Crippen LogP contribution in [0.4, 0.5) is 0 Å². The Kier molecular flexibility index (Phi) is 4.91. The normalized spacial score (nSPS) is 29.9. The fourth-order valence-corrected chi connectivity index (χ4v) is 2.41. The highest BCUT2D eigenvalue weighted by Gasteiger charge is 2.30. The van der Waals surface area contributed by atoms with Crippen LogP contribution in [-0.4, -0.2) is 17.8 Å². The fraction of sp³-hybridized carbons (Fsp3) is 0.917. The van der Waals surface area contributed by atoms with Gasteiger partial charge >= 0.3 is 0 Å². The van der Waals surface area contributed by atoms with Crippen LogP contribution >= 0.6 is 11.6 Å². The van der Waals surface area contributed by atoms with Crippen molar-refractivity contribution in [1.82, 2.24) is 5.32 Å². The van der Waals surface area contributed by atoms with Crippen molar-refractivity contribution < 1.29 is 4.79 Å². The maximum Gasteiger partial charge on any atom is 0.223 e. The molecule has 1 rings (SSSR count). The maximum absolute atomic E-state index is 11.9. The van der Waals surface area contributed by atoms with E-state index >= 15 is 0 Å². The summed E-state index contributed by atoms with van der Waals surface area (Å²) in [4.78, 5) is 11.9. The molecule has 0 radical (unpaired) electrons. The molecule has 88 valence electrons. The largest absolute Gasteiger partial charge is 0.353 e.